The van der Waals surface area contributed by atoms with Crippen LogP contribution in [-0.2, 0) is 9.47 Å². The van der Waals surface area contributed by atoms with Crippen molar-refractivity contribution in [2.75, 3.05) is 19.8 Å². The minimum atomic E-state index is -0.421. The molecule has 0 aromatic heterocycles. The van der Waals surface area contributed by atoms with Crippen LogP contribution in [-0.4, -0.2) is 31.7 Å². The summed E-state index contributed by atoms with van der Waals surface area (Å²) < 4.78 is 10.7. The lowest BCUT2D eigenvalue weighted by molar-refractivity contribution is -0.0719. The summed E-state index contributed by atoms with van der Waals surface area (Å²) in [4.78, 5) is 12.3. The summed E-state index contributed by atoms with van der Waals surface area (Å²) in [5.41, 5.74) is 2.05. The number of hydrogen-bond acceptors (Lipinski definition) is 3. The molecule has 0 N–H and O–H groups in total. The zero-order chi connectivity index (χ0) is 12.4. The first-order valence-corrected chi connectivity index (χ1v) is 6.68. The minimum Gasteiger partial charge on any atom is -0.376 e. The Hall–Kier alpha value is -1.19. The van der Waals surface area contributed by atoms with Crippen LogP contribution in [0.2, 0.25) is 0 Å². The van der Waals surface area contributed by atoms with Crippen LogP contribution < -0.4 is 0 Å². The van der Waals surface area contributed by atoms with Crippen molar-refractivity contribution in [2.45, 2.75) is 31.3 Å². The number of ketones is 1. The molecule has 1 unspecified atom stereocenters. The SMILES string of the molecule is O=C(c1cccc(C2CCC2)c1)C1COCCO1. The zero-order valence-electron chi connectivity index (χ0n) is 10.4. The summed E-state index contributed by atoms with van der Waals surface area (Å²) >= 11 is 0. The van der Waals surface area contributed by atoms with Gasteiger partial charge in [0.05, 0.1) is 19.8 Å². The van der Waals surface area contributed by atoms with E-state index in [2.05, 4.69) is 6.07 Å². The van der Waals surface area contributed by atoms with Gasteiger partial charge in [-0.1, -0.05) is 24.6 Å². The molecule has 0 amide bonds. The fourth-order valence-electron chi connectivity index (χ4n) is 2.51. The Kier molecular flexibility index (Phi) is 3.43. The molecule has 2 fully saturated rings. The van der Waals surface area contributed by atoms with Gasteiger partial charge in [0.1, 0.15) is 6.10 Å². The molecule has 1 aromatic rings. The molecule has 2 aliphatic rings. The Morgan fingerprint density at radius 2 is 2.11 bits per heavy atom. The molecule has 1 atom stereocenters. The lowest BCUT2D eigenvalue weighted by Gasteiger charge is -2.26. The monoisotopic (exact) mass is 246 g/mol. The highest BCUT2D eigenvalue weighted by molar-refractivity contribution is 5.99. The van der Waals surface area contributed by atoms with Crippen LogP contribution in [0.1, 0.15) is 41.1 Å². The molecule has 1 aromatic carbocycles. The fourth-order valence-corrected chi connectivity index (χ4v) is 2.51. The molecule has 1 saturated carbocycles. The van der Waals surface area contributed by atoms with Crippen molar-refractivity contribution < 1.29 is 14.3 Å². The molecule has 1 saturated heterocycles. The molecule has 0 spiro atoms. The predicted molar refractivity (Wildman–Crippen MR) is 67.9 cm³/mol. The number of benzene rings is 1. The summed E-state index contributed by atoms with van der Waals surface area (Å²) in [5, 5.41) is 0. The van der Waals surface area contributed by atoms with Crippen molar-refractivity contribution in [1.29, 1.82) is 0 Å². The number of hydrogen-bond donors (Lipinski definition) is 0. The van der Waals surface area contributed by atoms with Crippen LogP contribution in [0, 0.1) is 0 Å². The highest BCUT2D eigenvalue weighted by atomic mass is 16.6. The molecule has 3 heteroatoms. The largest absolute Gasteiger partial charge is 0.376 e. The van der Waals surface area contributed by atoms with Gasteiger partial charge in [0.25, 0.3) is 0 Å². The van der Waals surface area contributed by atoms with Gasteiger partial charge in [-0.05, 0) is 30.4 Å². The van der Waals surface area contributed by atoms with Crippen LogP contribution in [0.3, 0.4) is 0 Å². The fraction of sp³-hybridized carbons (Fsp3) is 0.533. The first-order chi connectivity index (χ1) is 8.84. The minimum absolute atomic E-state index is 0.0517. The molecule has 1 aliphatic carbocycles. The second-order valence-electron chi connectivity index (χ2n) is 5.05. The molecule has 18 heavy (non-hydrogen) atoms. The van der Waals surface area contributed by atoms with Crippen LogP contribution >= 0.6 is 0 Å². The standard InChI is InChI=1S/C15H18O3/c16-15(14-10-17-7-8-18-14)13-6-2-5-12(9-13)11-3-1-4-11/h2,5-6,9,11,14H,1,3-4,7-8,10H2. The molecular weight excluding hydrogens is 228 g/mol. The van der Waals surface area contributed by atoms with E-state index in [0.717, 1.165) is 5.56 Å². The molecule has 0 bridgehead atoms. The van der Waals surface area contributed by atoms with Crippen molar-refractivity contribution >= 4 is 5.78 Å². The summed E-state index contributed by atoms with van der Waals surface area (Å²) in [6.07, 6.45) is 3.39. The van der Waals surface area contributed by atoms with Gasteiger partial charge in [0.15, 0.2) is 5.78 Å². The maximum absolute atomic E-state index is 12.3. The van der Waals surface area contributed by atoms with E-state index in [0.29, 0.717) is 25.7 Å². The second-order valence-corrected chi connectivity index (χ2v) is 5.05. The average molecular weight is 246 g/mol. The van der Waals surface area contributed by atoms with Gasteiger partial charge < -0.3 is 9.47 Å². The van der Waals surface area contributed by atoms with Gasteiger partial charge in [-0.25, -0.2) is 0 Å². The Bertz CT molecular complexity index is 431. The van der Waals surface area contributed by atoms with E-state index in [1.54, 1.807) is 0 Å². The van der Waals surface area contributed by atoms with Crippen molar-refractivity contribution in [3.05, 3.63) is 35.4 Å². The van der Waals surface area contributed by atoms with Crippen molar-refractivity contribution in [3.63, 3.8) is 0 Å². The summed E-state index contributed by atoms with van der Waals surface area (Å²) in [6, 6.07) is 8.01. The van der Waals surface area contributed by atoms with E-state index in [9.17, 15) is 4.79 Å². The Morgan fingerprint density at radius 3 is 2.78 bits per heavy atom. The zero-order valence-corrected chi connectivity index (χ0v) is 10.4. The van der Waals surface area contributed by atoms with Crippen molar-refractivity contribution in [1.82, 2.24) is 0 Å². The van der Waals surface area contributed by atoms with Crippen LogP contribution in [0.25, 0.3) is 0 Å². The third-order valence-corrected chi connectivity index (χ3v) is 3.86. The van der Waals surface area contributed by atoms with Gasteiger partial charge in [0.2, 0.25) is 0 Å². The first kappa shape index (κ1) is 11.9. The number of carbonyl (C=O) groups is 1. The second kappa shape index (κ2) is 5.21. The molecule has 0 radical (unpaired) electrons. The number of Topliss-reactive ketones (excluding diaryl/α,β-unsaturated/α-hetero) is 1. The van der Waals surface area contributed by atoms with Crippen LogP contribution in [0.4, 0.5) is 0 Å². The molecule has 1 heterocycles. The smallest absolute Gasteiger partial charge is 0.193 e. The highest BCUT2D eigenvalue weighted by Crippen LogP contribution is 2.36. The van der Waals surface area contributed by atoms with Gasteiger partial charge in [-0.15, -0.1) is 0 Å². The predicted octanol–water partition coefficient (Wildman–Crippen LogP) is 2.55. The first-order valence-electron chi connectivity index (χ1n) is 6.68. The summed E-state index contributed by atoms with van der Waals surface area (Å²) in [6.45, 7) is 1.48. The van der Waals surface area contributed by atoms with Crippen LogP contribution in [0.5, 0.6) is 0 Å². The quantitative estimate of drug-likeness (QED) is 0.769. The number of rotatable bonds is 3. The topological polar surface area (TPSA) is 35.5 Å². The summed E-state index contributed by atoms with van der Waals surface area (Å²) in [5.74, 6) is 0.706. The summed E-state index contributed by atoms with van der Waals surface area (Å²) in [7, 11) is 0. The molecule has 3 nitrogen and oxygen atoms in total. The average Bonchev–Trinajstić information content (AvgIpc) is 2.37. The lowest BCUT2D eigenvalue weighted by Crippen LogP contribution is -2.35. The van der Waals surface area contributed by atoms with Gasteiger partial charge in [-0.3, -0.25) is 4.79 Å². The van der Waals surface area contributed by atoms with Crippen molar-refractivity contribution in [3.8, 4) is 0 Å². The maximum atomic E-state index is 12.3. The molecule has 96 valence electrons. The third-order valence-electron chi connectivity index (χ3n) is 3.86. The van der Waals surface area contributed by atoms with Crippen molar-refractivity contribution in [2.24, 2.45) is 0 Å². The van der Waals surface area contributed by atoms with E-state index in [1.165, 1.54) is 24.8 Å². The van der Waals surface area contributed by atoms with Crippen LogP contribution in [0.15, 0.2) is 24.3 Å². The van der Waals surface area contributed by atoms with Gasteiger partial charge in [-0.2, -0.15) is 0 Å². The lowest BCUT2D eigenvalue weighted by atomic mass is 9.79. The third kappa shape index (κ3) is 2.33. The van der Waals surface area contributed by atoms with E-state index in [4.69, 9.17) is 9.47 Å². The van der Waals surface area contributed by atoms with E-state index in [-0.39, 0.29) is 5.78 Å². The Balaban J connectivity index is 1.75. The Morgan fingerprint density at radius 1 is 1.22 bits per heavy atom. The van der Waals surface area contributed by atoms with E-state index in [1.807, 2.05) is 18.2 Å². The van der Waals surface area contributed by atoms with Gasteiger partial charge in [0, 0.05) is 5.56 Å². The van der Waals surface area contributed by atoms with Gasteiger partial charge >= 0.3 is 0 Å². The normalized spacial score (nSPS) is 24.6. The Labute approximate surface area is 107 Å². The maximum Gasteiger partial charge on any atom is 0.193 e. The number of carbonyl (C=O) groups excluding carboxylic acids is 1. The number of ether oxygens (including phenoxy) is 2. The van der Waals surface area contributed by atoms with E-state index < -0.39 is 6.10 Å². The highest BCUT2D eigenvalue weighted by Gasteiger charge is 2.25. The molecule has 3 rings (SSSR count). The molecule has 1 aliphatic heterocycles. The molecular formula is C15H18O3. The van der Waals surface area contributed by atoms with E-state index >= 15 is 0 Å².